The van der Waals surface area contributed by atoms with E-state index in [2.05, 4.69) is 12.2 Å². The number of hydrogen-bond acceptors (Lipinski definition) is 1. The molecule has 52 valence electrons. The van der Waals surface area contributed by atoms with Crippen LogP contribution < -0.4 is 0 Å². The Hall–Kier alpha value is -0.300. The molecule has 1 heteroatoms. The fraction of sp³-hybridized carbons (Fsp3) is 0.750. The van der Waals surface area contributed by atoms with Crippen molar-refractivity contribution >= 4 is 0 Å². The molecule has 0 aliphatic heterocycles. The molecule has 0 spiro atoms. The Morgan fingerprint density at radius 1 is 1.67 bits per heavy atom. The summed E-state index contributed by atoms with van der Waals surface area (Å²) in [5.41, 5.74) is 0. The fourth-order valence-electron chi connectivity index (χ4n) is 1.02. The predicted octanol–water partition coefficient (Wildman–Crippen LogP) is 1.72. The molecule has 0 amide bonds. The summed E-state index contributed by atoms with van der Waals surface area (Å²) in [5, 5.41) is 8.90. The lowest BCUT2D eigenvalue weighted by Crippen LogP contribution is -1.83. The third-order valence-corrected chi connectivity index (χ3v) is 1.83. The summed E-state index contributed by atoms with van der Waals surface area (Å²) in [5.74, 6) is 0.626. The molecule has 1 fully saturated rings. The summed E-state index contributed by atoms with van der Waals surface area (Å²) in [6, 6.07) is 0. The van der Waals surface area contributed by atoms with Gasteiger partial charge in [-0.25, -0.2) is 0 Å². The summed E-state index contributed by atoms with van der Waals surface area (Å²) >= 11 is 0. The second-order valence-corrected chi connectivity index (χ2v) is 2.71. The zero-order valence-corrected chi connectivity index (χ0v) is 5.88. The molecule has 1 rings (SSSR count). The van der Waals surface area contributed by atoms with E-state index in [0.29, 0.717) is 5.92 Å². The number of allylic oxidation sites excluding steroid dienone is 2. The quantitative estimate of drug-likeness (QED) is 0.571. The first kappa shape index (κ1) is 6.81. The molecule has 2 unspecified atom stereocenters. The molecule has 1 aliphatic rings. The van der Waals surface area contributed by atoms with Crippen molar-refractivity contribution in [2.45, 2.75) is 32.3 Å². The summed E-state index contributed by atoms with van der Waals surface area (Å²) in [4.78, 5) is 0. The minimum atomic E-state index is 0.0373. The summed E-state index contributed by atoms with van der Waals surface area (Å²) in [6.07, 6.45) is 7.61. The van der Waals surface area contributed by atoms with Crippen LogP contribution in [0, 0.1) is 5.92 Å². The molecule has 0 aromatic rings. The number of aliphatic hydroxyl groups is 1. The van der Waals surface area contributed by atoms with Crippen molar-refractivity contribution in [2.75, 3.05) is 0 Å². The van der Waals surface area contributed by atoms with Gasteiger partial charge in [-0.05, 0) is 32.1 Å². The van der Waals surface area contributed by atoms with Crippen LogP contribution in [0.3, 0.4) is 0 Å². The zero-order chi connectivity index (χ0) is 6.69. The Bertz CT molecular complexity index is 107. The maximum atomic E-state index is 8.90. The first-order valence-electron chi connectivity index (χ1n) is 3.64. The molecular weight excluding hydrogens is 112 g/mol. The number of hydrogen-bond donors (Lipinski definition) is 1. The molecule has 0 bridgehead atoms. The van der Waals surface area contributed by atoms with E-state index in [9.17, 15) is 0 Å². The summed E-state index contributed by atoms with van der Waals surface area (Å²) < 4.78 is 0. The van der Waals surface area contributed by atoms with Crippen molar-refractivity contribution in [3.05, 3.63) is 12.2 Å². The van der Waals surface area contributed by atoms with Crippen LogP contribution >= 0.6 is 0 Å². The molecule has 1 N–H and O–H groups in total. The van der Waals surface area contributed by atoms with Crippen molar-refractivity contribution < 1.29 is 5.11 Å². The van der Waals surface area contributed by atoms with Gasteiger partial charge in [0.05, 0.1) is 6.10 Å². The Morgan fingerprint density at radius 3 is 2.78 bits per heavy atom. The van der Waals surface area contributed by atoms with Gasteiger partial charge in [0, 0.05) is 0 Å². The van der Waals surface area contributed by atoms with Crippen LogP contribution in [-0.4, -0.2) is 11.2 Å². The summed E-state index contributed by atoms with van der Waals surface area (Å²) in [7, 11) is 0. The molecule has 1 saturated carbocycles. The molecule has 0 aromatic heterocycles. The van der Waals surface area contributed by atoms with Gasteiger partial charge in [-0.1, -0.05) is 12.2 Å². The van der Waals surface area contributed by atoms with E-state index in [1.165, 1.54) is 6.42 Å². The minimum absolute atomic E-state index is 0.0373. The van der Waals surface area contributed by atoms with Gasteiger partial charge in [0.25, 0.3) is 0 Å². The van der Waals surface area contributed by atoms with Crippen LogP contribution in [0.1, 0.15) is 26.2 Å². The van der Waals surface area contributed by atoms with E-state index in [1.54, 1.807) is 0 Å². The van der Waals surface area contributed by atoms with Gasteiger partial charge in [0.2, 0.25) is 0 Å². The van der Waals surface area contributed by atoms with Crippen LogP contribution in [0.25, 0.3) is 0 Å². The monoisotopic (exact) mass is 126 g/mol. The standard InChI is InChI=1S/C8H14O/c1-2-3-4-5-7-6-8(7)9/h2-3,7-9H,4-6H2,1H3. The molecule has 1 nitrogen and oxygen atoms in total. The van der Waals surface area contributed by atoms with Gasteiger partial charge >= 0.3 is 0 Å². The highest BCUT2D eigenvalue weighted by Gasteiger charge is 2.33. The Morgan fingerprint density at radius 2 is 2.33 bits per heavy atom. The highest BCUT2D eigenvalue weighted by Crippen LogP contribution is 2.34. The first-order chi connectivity index (χ1) is 4.34. The van der Waals surface area contributed by atoms with E-state index >= 15 is 0 Å². The smallest absolute Gasteiger partial charge is 0.0573 e. The molecule has 1 aliphatic carbocycles. The third kappa shape index (κ3) is 2.19. The second-order valence-electron chi connectivity index (χ2n) is 2.71. The van der Waals surface area contributed by atoms with Gasteiger partial charge in [-0.3, -0.25) is 0 Å². The lowest BCUT2D eigenvalue weighted by atomic mass is 10.2. The molecule has 0 heterocycles. The molecule has 0 saturated heterocycles. The van der Waals surface area contributed by atoms with E-state index in [1.807, 2.05) is 6.92 Å². The van der Waals surface area contributed by atoms with E-state index in [0.717, 1.165) is 12.8 Å². The fourth-order valence-corrected chi connectivity index (χ4v) is 1.02. The van der Waals surface area contributed by atoms with Crippen LogP contribution in [0.5, 0.6) is 0 Å². The van der Waals surface area contributed by atoms with Gasteiger partial charge in [0.15, 0.2) is 0 Å². The van der Waals surface area contributed by atoms with Crippen LogP contribution in [0.2, 0.25) is 0 Å². The highest BCUT2D eigenvalue weighted by atomic mass is 16.3. The van der Waals surface area contributed by atoms with Crippen molar-refractivity contribution in [2.24, 2.45) is 5.92 Å². The lowest BCUT2D eigenvalue weighted by Gasteiger charge is -1.88. The molecule has 2 atom stereocenters. The maximum absolute atomic E-state index is 8.90. The predicted molar refractivity (Wildman–Crippen MR) is 38.2 cm³/mol. The SMILES string of the molecule is CC=CCCC1CC1O. The number of rotatable bonds is 3. The molecule has 0 radical (unpaired) electrons. The number of aliphatic hydroxyl groups excluding tert-OH is 1. The Kier molecular flexibility index (Phi) is 2.29. The molecule has 9 heavy (non-hydrogen) atoms. The Balaban J connectivity index is 1.94. The largest absolute Gasteiger partial charge is 0.393 e. The molecular formula is C8H14O. The van der Waals surface area contributed by atoms with Crippen molar-refractivity contribution in [3.63, 3.8) is 0 Å². The van der Waals surface area contributed by atoms with Gasteiger partial charge < -0.3 is 5.11 Å². The van der Waals surface area contributed by atoms with E-state index in [-0.39, 0.29) is 6.10 Å². The topological polar surface area (TPSA) is 20.2 Å². The minimum Gasteiger partial charge on any atom is -0.393 e. The van der Waals surface area contributed by atoms with Crippen molar-refractivity contribution in [1.29, 1.82) is 0 Å². The van der Waals surface area contributed by atoms with Crippen molar-refractivity contribution in [3.8, 4) is 0 Å². The van der Waals surface area contributed by atoms with E-state index in [4.69, 9.17) is 5.11 Å². The maximum Gasteiger partial charge on any atom is 0.0573 e. The third-order valence-electron chi connectivity index (χ3n) is 1.83. The van der Waals surface area contributed by atoms with Crippen LogP contribution in [-0.2, 0) is 0 Å². The van der Waals surface area contributed by atoms with E-state index < -0.39 is 0 Å². The average Bonchev–Trinajstić information content (AvgIpc) is 2.48. The van der Waals surface area contributed by atoms with Crippen molar-refractivity contribution in [1.82, 2.24) is 0 Å². The summed E-state index contributed by atoms with van der Waals surface area (Å²) in [6.45, 7) is 2.03. The lowest BCUT2D eigenvalue weighted by molar-refractivity contribution is 0.257. The normalized spacial score (nSPS) is 33.6. The second kappa shape index (κ2) is 3.02. The van der Waals surface area contributed by atoms with Crippen LogP contribution in [0.4, 0.5) is 0 Å². The van der Waals surface area contributed by atoms with Gasteiger partial charge in [-0.15, -0.1) is 0 Å². The highest BCUT2D eigenvalue weighted by molar-refractivity contribution is 4.88. The average molecular weight is 126 g/mol. The van der Waals surface area contributed by atoms with Crippen LogP contribution in [0.15, 0.2) is 12.2 Å². The molecule has 0 aromatic carbocycles. The first-order valence-corrected chi connectivity index (χ1v) is 3.64. The van der Waals surface area contributed by atoms with Gasteiger partial charge in [0.1, 0.15) is 0 Å². The Labute approximate surface area is 56.4 Å². The zero-order valence-electron chi connectivity index (χ0n) is 5.88. The van der Waals surface area contributed by atoms with Gasteiger partial charge in [-0.2, -0.15) is 0 Å².